The van der Waals surface area contributed by atoms with E-state index < -0.39 is 66.5 Å². The Morgan fingerprint density at radius 3 is 1.96 bits per heavy atom. The lowest BCUT2D eigenvalue weighted by Crippen LogP contribution is -2.56. The lowest BCUT2D eigenvalue weighted by Gasteiger charge is -2.23. The third-order valence-corrected chi connectivity index (χ3v) is 3.31. The van der Waals surface area contributed by atoms with Crippen molar-refractivity contribution < 1.29 is 34.2 Å². The molecular formula is C14H24N4O7. The topological polar surface area (TPSA) is 202 Å². The van der Waals surface area contributed by atoms with Crippen LogP contribution in [0.5, 0.6) is 0 Å². The zero-order valence-electron chi connectivity index (χ0n) is 14.0. The van der Waals surface area contributed by atoms with Gasteiger partial charge in [0.25, 0.3) is 0 Å². The van der Waals surface area contributed by atoms with Gasteiger partial charge in [0.05, 0.1) is 18.6 Å². The SMILES string of the molecule is CC(=O)C(CC(N)=O)NC(=O)[C@@H](CCC(=O)O)NC(=O)C(N)[C@@H](C)O. The summed E-state index contributed by atoms with van der Waals surface area (Å²) in [6, 6.07) is -3.84. The van der Waals surface area contributed by atoms with Crippen molar-refractivity contribution >= 4 is 29.5 Å². The van der Waals surface area contributed by atoms with E-state index in [1.54, 1.807) is 0 Å². The molecule has 0 saturated heterocycles. The molecule has 25 heavy (non-hydrogen) atoms. The third kappa shape index (κ3) is 8.77. The van der Waals surface area contributed by atoms with Crippen LogP contribution in [0.1, 0.15) is 33.1 Å². The van der Waals surface area contributed by atoms with Gasteiger partial charge in [0.15, 0.2) is 5.78 Å². The number of carboxylic acid groups (broad SMARTS) is 1. The van der Waals surface area contributed by atoms with Gasteiger partial charge in [-0.25, -0.2) is 0 Å². The van der Waals surface area contributed by atoms with E-state index in [9.17, 15) is 29.1 Å². The number of amides is 3. The second-order valence-electron chi connectivity index (χ2n) is 5.60. The second kappa shape index (κ2) is 10.4. The van der Waals surface area contributed by atoms with E-state index in [-0.39, 0.29) is 6.42 Å². The Kier molecular flexibility index (Phi) is 9.31. The van der Waals surface area contributed by atoms with Gasteiger partial charge in [-0.1, -0.05) is 0 Å². The highest BCUT2D eigenvalue weighted by molar-refractivity contribution is 5.95. The predicted molar refractivity (Wildman–Crippen MR) is 84.9 cm³/mol. The number of aliphatic hydroxyl groups is 1. The van der Waals surface area contributed by atoms with Gasteiger partial charge >= 0.3 is 5.97 Å². The fourth-order valence-electron chi connectivity index (χ4n) is 1.79. The maximum atomic E-state index is 12.3. The molecule has 0 fully saturated rings. The number of carbonyl (C=O) groups is 5. The Bertz CT molecular complexity index is 535. The molecule has 0 radical (unpaired) electrons. The van der Waals surface area contributed by atoms with Crippen molar-refractivity contribution in [2.45, 2.75) is 57.3 Å². The monoisotopic (exact) mass is 360 g/mol. The minimum absolute atomic E-state index is 0.277. The zero-order chi connectivity index (χ0) is 19.7. The van der Waals surface area contributed by atoms with E-state index in [2.05, 4.69) is 10.6 Å². The first kappa shape index (κ1) is 22.5. The molecule has 2 unspecified atom stereocenters. The minimum Gasteiger partial charge on any atom is -0.481 e. The largest absolute Gasteiger partial charge is 0.481 e. The summed E-state index contributed by atoms with van der Waals surface area (Å²) in [4.78, 5) is 57.3. The van der Waals surface area contributed by atoms with Crippen molar-refractivity contribution in [3.05, 3.63) is 0 Å². The van der Waals surface area contributed by atoms with Crippen molar-refractivity contribution in [2.24, 2.45) is 11.5 Å². The number of carboxylic acids is 1. The molecule has 0 heterocycles. The maximum Gasteiger partial charge on any atom is 0.303 e. The van der Waals surface area contributed by atoms with E-state index in [1.165, 1.54) is 6.92 Å². The van der Waals surface area contributed by atoms with Crippen molar-refractivity contribution in [1.82, 2.24) is 10.6 Å². The lowest BCUT2D eigenvalue weighted by atomic mass is 10.1. The number of carbonyl (C=O) groups excluding carboxylic acids is 4. The summed E-state index contributed by atoms with van der Waals surface area (Å²) < 4.78 is 0. The molecule has 142 valence electrons. The molecule has 0 rings (SSSR count). The molecule has 0 spiro atoms. The van der Waals surface area contributed by atoms with Crippen LogP contribution in [0.15, 0.2) is 0 Å². The Morgan fingerprint density at radius 2 is 1.56 bits per heavy atom. The quantitative estimate of drug-likeness (QED) is 0.223. The smallest absolute Gasteiger partial charge is 0.303 e. The van der Waals surface area contributed by atoms with Crippen LogP contribution in [0.3, 0.4) is 0 Å². The number of aliphatic carboxylic acids is 1. The summed E-state index contributed by atoms with van der Waals surface area (Å²) in [6.45, 7) is 2.41. The van der Waals surface area contributed by atoms with Gasteiger partial charge in [0.2, 0.25) is 17.7 Å². The second-order valence-corrected chi connectivity index (χ2v) is 5.60. The first-order valence-electron chi connectivity index (χ1n) is 7.50. The average Bonchev–Trinajstić information content (AvgIpc) is 2.48. The molecule has 0 saturated carbocycles. The predicted octanol–water partition coefficient (Wildman–Crippen LogP) is -3.01. The number of nitrogens with one attached hydrogen (secondary N) is 2. The number of hydrogen-bond acceptors (Lipinski definition) is 7. The van der Waals surface area contributed by atoms with E-state index in [4.69, 9.17) is 16.6 Å². The molecule has 11 nitrogen and oxygen atoms in total. The Balaban J connectivity index is 5.13. The van der Waals surface area contributed by atoms with Crippen LogP contribution in [0.25, 0.3) is 0 Å². The van der Waals surface area contributed by atoms with Crippen LogP contribution < -0.4 is 22.1 Å². The van der Waals surface area contributed by atoms with Gasteiger partial charge in [-0.2, -0.15) is 0 Å². The van der Waals surface area contributed by atoms with Crippen molar-refractivity contribution in [1.29, 1.82) is 0 Å². The van der Waals surface area contributed by atoms with Gasteiger partial charge in [0.1, 0.15) is 12.1 Å². The molecule has 0 aliphatic rings. The normalized spacial score (nSPS) is 15.4. The standard InChI is InChI=1S/C14H24N4O7/c1-6(19)9(5-10(15)21)18-13(24)8(3-4-11(22)23)17-14(25)12(16)7(2)20/h7-9,12,20H,3-5,16H2,1-2H3,(H2,15,21)(H,17,25)(H,18,24)(H,22,23)/t7-,8-,9?,12?/m1/s1. The van der Waals surface area contributed by atoms with Gasteiger partial charge in [0, 0.05) is 6.42 Å². The highest BCUT2D eigenvalue weighted by Crippen LogP contribution is 2.02. The summed E-state index contributed by atoms with van der Waals surface area (Å²) in [5.41, 5.74) is 10.5. The summed E-state index contributed by atoms with van der Waals surface area (Å²) in [7, 11) is 0. The molecule has 8 N–H and O–H groups in total. The summed E-state index contributed by atoms with van der Waals surface area (Å²) in [6.07, 6.45) is -2.35. The molecule has 0 aromatic rings. The van der Waals surface area contributed by atoms with Crippen LogP contribution in [-0.2, 0) is 24.0 Å². The number of aliphatic hydroxyl groups excluding tert-OH is 1. The number of Topliss-reactive ketones (excluding diaryl/α,β-unsaturated/α-hetero) is 1. The molecule has 4 atom stereocenters. The molecule has 0 aliphatic carbocycles. The number of nitrogens with two attached hydrogens (primary N) is 2. The Hall–Kier alpha value is -2.53. The van der Waals surface area contributed by atoms with E-state index in [0.717, 1.165) is 6.92 Å². The summed E-state index contributed by atoms with van der Waals surface area (Å²) in [5, 5.41) is 22.5. The Morgan fingerprint density at radius 1 is 1.04 bits per heavy atom. The fraction of sp³-hybridized carbons (Fsp3) is 0.643. The van der Waals surface area contributed by atoms with Gasteiger partial charge in [-0.3, -0.25) is 24.0 Å². The highest BCUT2D eigenvalue weighted by atomic mass is 16.4. The molecule has 0 aliphatic heterocycles. The first-order valence-corrected chi connectivity index (χ1v) is 7.50. The van der Waals surface area contributed by atoms with Gasteiger partial charge in [-0.15, -0.1) is 0 Å². The van der Waals surface area contributed by atoms with Gasteiger partial charge in [-0.05, 0) is 20.3 Å². The minimum atomic E-state index is -1.32. The maximum absolute atomic E-state index is 12.3. The van der Waals surface area contributed by atoms with Crippen molar-refractivity contribution in [2.75, 3.05) is 0 Å². The molecular weight excluding hydrogens is 336 g/mol. The molecule has 3 amide bonds. The highest BCUT2D eigenvalue weighted by Gasteiger charge is 2.29. The fourth-order valence-corrected chi connectivity index (χ4v) is 1.79. The van der Waals surface area contributed by atoms with Crippen LogP contribution >= 0.6 is 0 Å². The first-order chi connectivity index (χ1) is 11.5. The van der Waals surface area contributed by atoms with E-state index in [1.807, 2.05) is 0 Å². The van der Waals surface area contributed by atoms with Crippen LogP contribution in [-0.4, -0.2) is 63.9 Å². The lowest BCUT2D eigenvalue weighted by molar-refractivity contribution is -0.138. The number of primary amides is 1. The average molecular weight is 360 g/mol. The molecule has 0 bridgehead atoms. The van der Waals surface area contributed by atoms with E-state index >= 15 is 0 Å². The number of ketones is 1. The van der Waals surface area contributed by atoms with Crippen LogP contribution in [0.2, 0.25) is 0 Å². The molecule has 0 aromatic carbocycles. The summed E-state index contributed by atoms with van der Waals surface area (Å²) in [5.74, 6) is -4.28. The van der Waals surface area contributed by atoms with Crippen molar-refractivity contribution in [3.63, 3.8) is 0 Å². The number of rotatable bonds is 11. The zero-order valence-corrected chi connectivity index (χ0v) is 14.0. The van der Waals surface area contributed by atoms with E-state index in [0.29, 0.717) is 0 Å². The van der Waals surface area contributed by atoms with Gasteiger partial charge < -0.3 is 32.3 Å². The molecule has 0 aromatic heterocycles. The van der Waals surface area contributed by atoms with Crippen LogP contribution in [0, 0.1) is 0 Å². The Labute approximate surface area is 144 Å². The summed E-state index contributed by atoms with van der Waals surface area (Å²) >= 11 is 0. The molecule has 11 heteroatoms. The third-order valence-electron chi connectivity index (χ3n) is 3.31. The number of hydrogen-bond donors (Lipinski definition) is 6. The van der Waals surface area contributed by atoms with Crippen molar-refractivity contribution in [3.8, 4) is 0 Å². The van der Waals surface area contributed by atoms with Crippen LogP contribution in [0.4, 0.5) is 0 Å².